The minimum Gasteiger partial charge on any atom is -0.195 e. The highest BCUT2D eigenvalue weighted by Crippen LogP contribution is 2.50. The van der Waals surface area contributed by atoms with Crippen LogP contribution in [-0.2, 0) is 23.1 Å². The Bertz CT molecular complexity index is 891. The average molecular weight is 384 g/mol. The lowest BCUT2D eigenvalue weighted by Gasteiger charge is -2.33. The average Bonchev–Trinajstić information content (AvgIpc) is 2.91. The van der Waals surface area contributed by atoms with E-state index < -0.39 is 28.5 Å². The van der Waals surface area contributed by atoms with Crippen molar-refractivity contribution in [2.24, 2.45) is 11.8 Å². The lowest BCUT2D eigenvalue weighted by molar-refractivity contribution is -0.136. The molecule has 2 fully saturated rings. The van der Waals surface area contributed by atoms with Crippen LogP contribution in [0.25, 0.3) is 0 Å². The Morgan fingerprint density at radius 3 is 2.50 bits per heavy atom. The molecule has 0 radical (unpaired) electrons. The van der Waals surface area contributed by atoms with Gasteiger partial charge in [-0.25, -0.2) is 0 Å². The second-order valence-corrected chi connectivity index (χ2v) is 9.21. The molecule has 1 aromatic carbocycles. The molecule has 4 rings (SSSR count). The molecule has 3 atom stereocenters. The van der Waals surface area contributed by atoms with Crippen LogP contribution in [0.15, 0.2) is 18.2 Å². The molecule has 2 bridgehead atoms. The molecule has 140 valence electrons. The lowest BCUT2D eigenvalue weighted by Crippen LogP contribution is -2.52. The number of rotatable bonds is 1. The van der Waals surface area contributed by atoms with Gasteiger partial charge in [0.15, 0.2) is 0 Å². The molecular formula is C18H19F3N2O2S. The van der Waals surface area contributed by atoms with Crippen LogP contribution in [0.1, 0.15) is 29.5 Å². The normalized spacial score (nSPS) is 33.0. The number of hydrogen-bond donors (Lipinski definition) is 1. The lowest BCUT2D eigenvalue weighted by atomic mass is 9.79. The first-order valence-corrected chi connectivity index (χ1v) is 10.0. The van der Waals surface area contributed by atoms with E-state index in [0.717, 1.165) is 29.5 Å². The number of nitrogens with one attached hydrogen (secondary N) is 1. The summed E-state index contributed by atoms with van der Waals surface area (Å²) in [6, 6.07) is 5.77. The maximum absolute atomic E-state index is 12.8. The monoisotopic (exact) mass is 384 g/mol. The predicted octanol–water partition coefficient (Wildman–Crippen LogP) is 2.24. The van der Waals surface area contributed by atoms with E-state index in [1.165, 1.54) is 0 Å². The maximum Gasteiger partial charge on any atom is 0.402 e. The van der Waals surface area contributed by atoms with Crippen molar-refractivity contribution in [2.75, 3.05) is 13.1 Å². The maximum atomic E-state index is 12.8. The molecule has 1 aliphatic heterocycles. The molecule has 1 spiro atoms. The molecule has 0 aromatic heterocycles. The first-order valence-electron chi connectivity index (χ1n) is 8.57. The van der Waals surface area contributed by atoms with Crippen LogP contribution in [0, 0.1) is 24.2 Å². The molecule has 1 aromatic rings. The van der Waals surface area contributed by atoms with E-state index in [1.807, 2.05) is 18.2 Å². The Morgan fingerprint density at radius 2 is 1.88 bits per heavy atom. The molecule has 1 N–H and O–H groups in total. The fourth-order valence-corrected chi connectivity index (χ4v) is 6.64. The van der Waals surface area contributed by atoms with E-state index >= 15 is 0 Å². The van der Waals surface area contributed by atoms with Gasteiger partial charge >= 0.3 is 6.18 Å². The third-order valence-corrected chi connectivity index (χ3v) is 7.65. The number of fused-ring (bicyclic) bond motifs is 1. The predicted molar refractivity (Wildman–Crippen MR) is 90.4 cm³/mol. The molecule has 3 aliphatic rings. The number of nitrogens with zero attached hydrogens (tertiary/aromatic N) is 1. The van der Waals surface area contributed by atoms with E-state index in [2.05, 4.69) is 10.6 Å². The minimum absolute atomic E-state index is 0.0153. The highest BCUT2D eigenvalue weighted by molar-refractivity contribution is 7.87. The third-order valence-electron chi connectivity index (χ3n) is 6.08. The van der Waals surface area contributed by atoms with Crippen LogP contribution in [0.4, 0.5) is 13.2 Å². The smallest absolute Gasteiger partial charge is 0.195 e. The van der Waals surface area contributed by atoms with E-state index in [4.69, 9.17) is 6.42 Å². The second-order valence-electron chi connectivity index (χ2n) is 7.54. The third kappa shape index (κ3) is 2.82. The van der Waals surface area contributed by atoms with Gasteiger partial charge in [-0.3, -0.25) is 0 Å². The standard InChI is InChI=1S/C18H19F3N2O2S/c1-2-12-3-4-13-8-15-5-6-16(9-14(13)7-12)17(15)10-23(11-18(19,20)21)26(24,25)22-17/h1,3-4,7,15-16,22H,5-6,8-11H2/t15-,16+,17-/m1/s1. The quantitative estimate of drug-likeness (QED) is 0.755. The SMILES string of the molecule is C#Cc1ccc2c(c1)C[C@@H]1CC[C@H](C2)[C@]12CN(CC(F)(F)F)S(=O)(=O)N2. The van der Waals surface area contributed by atoms with Crippen LogP contribution >= 0.6 is 0 Å². The second kappa shape index (κ2) is 5.72. The van der Waals surface area contributed by atoms with Gasteiger partial charge in [-0.1, -0.05) is 12.0 Å². The Balaban J connectivity index is 1.70. The van der Waals surface area contributed by atoms with Crippen molar-refractivity contribution in [1.29, 1.82) is 0 Å². The molecule has 0 amide bonds. The number of terminal acetylenes is 1. The van der Waals surface area contributed by atoms with Crippen molar-refractivity contribution in [3.8, 4) is 12.3 Å². The first-order chi connectivity index (χ1) is 12.1. The van der Waals surface area contributed by atoms with E-state index in [0.29, 0.717) is 17.1 Å². The summed E-state index contributed by atoms with van der Waals surface area (Å²) in [5, 5.41) is 0. The highest BCUT2D eigenvalue weighted by Gasteiger charge is 2.60. The number of benzene rings is 1. The van der Waals surface area contributed by atoms with Gasteiger partial charge < -0.3 is 0 Å². The van der Waals surface area contributed by atoms with E-state index in [9.17, 15) is 21.6 Å². The van der Waals surface area contributed by atoms with E-state index in [-0.39, 0.29) is 18.4 Å². The summed E-state index contributed by atoms with van der Waals surface area (Å²) in [5.41, 5.74) is 2.13. The fourth-order valence-electron chi connectivity index (χ4n) is 4.93. The summed E-state index contributed by atoms with van der Waals surface area (Å²) in [6.07, 6.45) is 3.80. The van der Waals surface area contributed by atoms with Gasteiger partial charge in [0.1, 0.15) is 6.54 Å². The van der Waals surface area contributed by atoms with Crippen LogP contribution in [0.5, 0.6) is 0 Å². The van der Waals surface area contributed by atoms with Crippen LogP contribution in [-0.4, -0.2) is 37.5 Å². The van der Waals surface area contributed by atoms with Crippen molar-refractivity contribution in [3.63, 3.8) is 0 Å². The largest absolute Gasteiger partial charge is 0.402 e. The Morgan fingerprint density at radius 1 is 1.23 bits per heavy atom. The zero-order valence-electron chi connectivity index (χ0n) is 14.0. The van der Waals surface area contributed by atoms with E-state index in [1.54, 1.807) is 0 Å². The summed E-state index contributed by atoms with van der Waals surface area (Å²) in [5.74, 6) is 2.56. The fraction of sp³-hybridized carbons (Fsp3) is 0.556. The zero-order valence-corrected chi connectivity index (χ0v) is 14.8. The summed E-state index contributed by atoms with van der Waals surface area (Å²) in [4.78, 5) is 0. The number of halogens is 3. The van der Waals surface area contributed by atoms with Gasteiger partial charge in [0.05, 0.1) is 5.54 Å². The van der Waals surface area contributed by atoms with Crippen molar-refractivity contribution < 1.29 is 21.6 Å². The van der Waals surface area contributed by atoms with Gasteiger partial charge in [0.25, 0.3) is 10.2 Å². The summed E-state index contributed by atoms with van der Waals surface area (Å²) in [7, 11) is -4.14. The van der Waals surface area contributed by atoms with Crippen molar-refractivity contribution in [2.45, 2.75) is 37.4 Å². The number of alkyl halides is 3. The van der Waals surface area contributed by atoms with Crippen LogP contribution < -0.4 is 4.72 Å². The Labute approximate surface area is 150 Å². The van der Waals surface area contributed by atoms with Gasteiger partial charge in [-0.2, -0.15) is 30.6 Å². The van der Waals surface area contributed by atoms with Crippen molar-refractivity contribution in [1.82, 2.24) is 9.03 Å². The highest BCUT2D eigenvalue weighted by atomic mass is 32.2. The molecule has 1 saturated heterocycles. The Hall–Kier alpha value is -1.56. The molecule has 0 unspecified atom stereocenters. The molecule has 2 aliphatic carbocycles. The molecule has 8 heteroatoms. The van der Waals surface area contributed by atoms with Crippen molar-refractivity contribution in [3.05, 3.63) is 34.9 Å². The topological polar surface area (TPSA) is 49.4 Å². The van der Waals surface area contributed by atoms with Gasteiger partial charge in [0, 0.05) is 12.1 Å². The van der Waals surface area contributed by atoms with Crippen LogP contribution in [0.2, 0.25) is 0 Å². The van der Waals surface area contributed by atoms with Gasteiger partial charge in [-0.15, -0.1) is 6.42 Å². The Kier molecular flexibility index (Phi) is 3.92. The molecule has 1 heterocycles. The van der Waals surface area contributed by atoms with Crippen molar-refractivity contribution >= 4 is 10.2 Å². The number of hydrogen-bond acceptors (Lipinski definition) is 2. The first kappa shape index (κ1) is 17.8. The minimum atomic E-state index is -4.56. The van der Waals surface area contributed by atoms with Gasteiger partial charge in [0.2, 0.25) is 0 Å². The summed E-state index contributed by atoms with van der Waals surface area (Å²) >= 11 is 0. The molecule has 4 nitrogen and oxygen atoms in total. The summed E-state index contributed by atoms with van der Waals surface area (Å²) in [6.45, 7) is -1.57. The molecule has 26 heavy (non-hydrogen) atoms. The molecular weight excluding hydrogens is 365 g/mol. The van der Waals surface area contributed by atoms with Gasteiger partial charge in [-0.05, 0) is 60.8 Å². The summed E-state index contributed by atoms with van der Waals surface area (Å²) < 4.78 is 66.5. The zero-order chi connectivity index (χ0) is 18.7. The molecule has 1 saturated carbocycles. The van der Waals surface area contributed by atoms with Crippen LogP contribution in [0.3, 0.4) is 0 Å².